The Labute approximate surface area is 135 Å². The predicted octanol–water partition coefficient (Wildman–Crippen LogP) is 4.94. The molecule has 2 rings (SSSR count). The molecule has 1 aromatic heterocycles. The molecule has 0 atom stereocenters. The van der Waals surface area contributed by atoms with E-state index in [1.54, 1.807) is 30.3 Å². The van der Waals surface area contributed by atoms with Gasteiger partial charge in [-0.1, -0.05) is 29.8 Å². The maximum Gasteiger partial charge on any atom is 0.185 e. The Morgan fingerprint density at radius 1 is 1.18 bits per heavy atom. The van der Waals surface area contributed by atoms with Crippen LogP contribution in [-0.2, 0) is 0 Å². The van der Waals surface area contributed by atoms with E-state index in [0.717, 1.165) is 17.0 Å². The molecular weight excluding hydrogens is 296 g/mol. The normalized spacial score (nSPS) is 12.4. The molecule has 0 radical (unpaired) electrons. The van der Waals surface area contributed by atoms with E-state index in [-0.39, 0.29) is 5.78 Å². The lowest BCUT2D eigenvalue weighted by atomic mass is 10.1. The van der Waals surface area contributed by atoms with E-state index in [4.69, 9.17) is 11.6 Å². The topological polar surface area (TPSA) is 45.8 Å². The number of hydrogen-bond donors (Lipinski definition) is 1. The highest BCUT2D eigenvalue weighted by Gasteiger charge is 2.04. The van der Waals surface area contributed by atoms with Crippen LogP contribution in [0.1, 0.15) is 35.6 Å². The first-order chi connectivity index (χ1) is 10.6. The van der Waals surface area contributed by atoms with Gasteiger partial charge in [-0.25, -0.2) is 0 Å². The fraction of sp³-hybridized carbons (Fsp3) is 0.111. The van der Waals surface area contributed by atoms with E-state index in [2.05, 4.69) is 10.2 Å². The molecule has 0 bridgehead atoms. The summed E-state index contributed by atoms with van der Waals surface area (Å²) in [6.07, 6.45) is 9.18. The first-order valence-electron chi connectivity index (χ1n) is 6.97. The molecule has 0 spiro atoms. The third-order valence-corrected chi connectivity index (χ3v) is 3.35. The van der Waals surface area contributed by atoms with Crippen molar-refractivity contribution in [3.63, 3.8) is 0 Å². The predicted molar refractivity (Wildman–Crippen MR) is 91.9 cm³/mol. The molecule has 0 aliphatic rings. The summed E-state index contributed by atoms with van der Waals surface area (Å²) in [5, 5.41) is 7.77. The van der Waals surface area contributed by atoms with Gasteiger partial charge in [0.25, 0.3) is 0 Å². The van der Waals surface area contributed by atoms with Crippen molar-refractivity contribution in [2.45, 2.75) is 13.8 Å². The van der Waals surface area contributed by atoms with Crippen LogP contribution in [-0.4, -0.2) is 16.0 Å². The minimum atomic E-state index is -0.0764. The maximum atomic E-state index is 12.0. The number of benzene rings is 1. The van der Waals surface area contributed by atoms with Crippen LogP contribution in [0.5, 0.6) is 0 Å². The number of allylic oxidation sites excluding steroid dienone is 5. The molecule has 0 saturated heterocycles. The Morgan fingerprint density at radius 3 is 2.55 bits per heavy atom. The molecule has 2 aromatic rings. The van der Waals surface area contributed by atoms with Crippen molar-refractivity contribution in [1.82, 2.24) is 10.2 Å². The summed E-state index contributed by atoms with van der Waals surface area (Å²) in [5.41, 5.74) is 3.26. The summed E-state index contributed by atoms with van der Waals surface area (Å²) in [6.45, 7) is 3.92. The van der Waals surface area contributed by atoms with E-state index in [1.165, 1.54) is 6.08 Å². The van der Waals surface area contributed by atoms with Crippen molar-refractivity contribution in [3.8, 4) is 0 Å². The second kappa shape index (κ2) is 7.57. The quantitative estimate of drug-likeness (QED) is 0.483. The summed E-state index contributed by atoms with van der Waals surface area (Å²) in [7, 11) is 0. The molecule has 22 heavy (non-hydrogen) atoms. The summed E-state index contributed by atoms with van der Waals surface area (Å²) in [4.78, 5) is 12.0. The molecule has 0 aliphatic heterocycles. The molecule has 0 unspecified atom stereocenters. The van der Waals surface area contributed by atoms with Gasteiger partial charge < -0.3 is 0 Å². The SMILES string of the molecule is CC=CC(=CC)c1cc(C=CC(=O)c2ccc(Cl)cc2)[nH]n1. The molecule has 4 heteroatoms. The molecule has 112 valence electrons. The van der Waals surface area contributed by atoms with Crippen LogP contribution < -0.4 is 0 Å². The molecule has 0 saturated carbocycles. The van der Waals surface area contributed by atoms with E-state index >= 15 is 0 Å². The number of aromatic nitrogens is 2. The van der Waals surface area contributed by atoms with Gasteiger partial charge >= 0.3 is 0 Å². The van der Waals surface area contributed by atoms with Gasteiger partial charge in [0.05, 0.1) is 11.4 Å². The Hall–Kier alpha value is -2.39. The maximum absolute atomic E-state index is 12.0. The molecule has 0 amide bonds. The van der Waals surface area contributed by atoms with Crippen LogP contribution >= 0.6 is 11.6 Å². The Kier molecular flexibility index (Phi) is 5.50. The van der Waals surface area contributed by atoms with E-state index in [9.17, 15) is 4.79 Å². The highest BCUT2D eigenvalue weighted by molar-refractivity contribution is 6.30. The largest absolute Gasteiger partial charge is 0.289 e. The van der Waals surface area contributed by atoms with Crippen molar-refractivity contribution in [1.29, 1.82) is 0 Å². The number of rotatable bonds is 5. The first kappa shape index (κ1) is 16.0. The average molecular weight is 313 g/mol. The van der Waals surface area contributed by atoms with Crippen LogP contribution in [0.2, 0.25) is 5.02 Å². The molecule has 0 fully saturated rings. The monoisotopic (exact) mass is 312 g/mol. The number of carbonyl (C=O) groups excluding carboxylic acids is 1. The summed E-state index contributed by atoms with van der Waals surface area (Å²) >= 11 is 5.81. The minimum absolute atomic E-state index is 0.0764. The molecule has 0 aliphatic carbocycles. The fourth-order valence-corrected chi connectivity index (χ4v) is 2.08. The highest BCUT2D eigenvalue weighted by Crippen LogP contribution is 2.15. The Balaban J connectivity index is 2.12. The van der Waals surface area contributed by atoms with Gasteiger partial charge in [-0.15, -0.1) is 0 Å². The van der Waals surface area contributed by atoms with Crippen molar-refractivity contribution >= 4 is 29.0 Å². The number of halogens is 1. The van der Waals surface area contributed by atoms with Gasteiger partial charge in [0.1, 0.15) is 0 Å². The third-order valence-electron chi connectivity index (χ3n) is 3.09. The van der Waals surface area contributed by atoms with Gasteiger partial charge in [-0.2, -0.15) is 5.10 Å². The smallest absolute Gasteiger partial charge is 0.185 e. The number of H-pyrrole nitrogens is 1. The zero-order chi connectivity index (χ0) is 15.9. The van der Waals surface area contributed by atoms with Gasteiger partial charge in [0.15, 0.2) is 5.78 Å². The zero-order valence-electron chi connectivity index (χ0n) is 12.5. The van der Waals surface area contributed by atoms with Gasteiger partial charge in [-0.3, -0.25) is 9.89 Å². The average Bonchev–Trinajstić information content (AvgIpc) is 2.99. The van der Waals surface area contributed by atoms with Crippen molar-refractivity contribution in [3.05, 3.63) is 76.6 Å². The zero-order valence-corrected chi connectivity index (χ0v) is 13.3. The summed E-state index contributed by atoms with van der Waals surface area (Å²) in [5.74, 6) is -0.0764. The Bertz CT molecular complexity index is 737. The summed E-state index contributed by atoms with van der Waals surface area (Å²) in [6, 6.07) is 8.72. The summed E-state index contributed by atoms with van der Waals surface area (Å²) < 4.78 is 0. The van der Waals surface area contributed by atoms with Crippen LogP contribution in [0.4, 0.5) is 0 Å². The second-order valence-corrected chi connectivity index (χ2v) is 5.09. The molecule has 1 heterocycles. The minimum Gasteiger partial charge on any atom is -0.289 e. The van der Waals surface area contributed by atoms with Crippen molar-refractivity contribution in [2.24, 2.45) is 0 Å². The van der Waals surface area contributed by atoms with Gasteiger partial charge in [0.2, 0.25) is 0 Å². The number of carbonyl (C=O) groups is 1. The molecule has 1 N–H and O–H groups in total. The van der Waals surface area contributed by atoms with Gasteiger partial charge in [0, 0.05) is 10.6 Å². The van der Waals surface area contributed by atoms with Crippen LogP contribution in [0, 0.1) is 0 Å². The number of aromatic amines is 1. The van der Waals surface area contributed by atoms with Crippen molar-refractivity contribution in [2.75, 3.05) is 0 Å². The van der Waals surface area contributed by atoms with Gasteiger partial charge in [-0.05, 0) is 61.9 Å². The molecule has 1 aromatic carbocycles. The number of hydrogen-bond acceptors (Lipinski definition) is 2. The van der Waals surface area contributed by atoms with Crippen LogP contribution in [0.25, 0.3) is 11.6 Å². The molecule has 3 nitrogen and oxygen atoms in total. The molecular formula is C18H17ClN2O. The third kappa shape index (κ3) is 4.06. The number of ketones is 1. The number of nitrogens with zero attached hydrogens (tertiary/aromatic N) is 1. The van der Waals surface area contributed by atoms with Crippen LogP contribution in [0.15, 0.2) is 54.6 Å². The fourth-order valence-electron chi connectivity index (χ4n) is 1.95. The Morgan fingerprint density at radius 2 is 1.91 bits per heavy atom. The highest BCUT2D eigenvalue weighted by atomic mass is 35.5. The second-order valence-electron chi connectivity index (χ2n) is 4.66. The van der Waals surface area contributed by atoms with Crippen LogP contribution in [0.3, 0.4) is 0 Å². The van der Waals surface area contributed by atoms with Crippen molar-refractivity contribution < 1.29 is 4.79 Å². The van der Waals surface area contributed by atoms with E-state index in [1.807, 2.05) is 38.1 Å². The van der Waals surface area contributed by atoms with E-state index < -0.39 is 0 Å². The standard InChI is InChI=1S/C18H17ClN2O/c1-3-5-13(4-2)17-12-16(20-21-17)10-11-18(22)14-6-8-15(19)9-7-14/h3-12H,1-2H3,(H,20,21). The number of nitrogens with one attached hydrogen (secondary N) is 1. The lowest BCUT2D eigenvalue weighted by Gasteiger charge is -1.95. The lowest BCUT2D eigenvalue weighted by Crippen LogP contribution is -1.93. The first-order valence-corrected chi connectivity index (χ1v) is 7.34. The van der Waals surface area contributed by atoms with E-state index in [0.29, 0.717) is 10.6 Å². The lowest BCUT2D eigenvalue weighted by molar-refractivity contribution is 0.104.